The van der Waals surface area contributed by atoms with Crippen molar-refractivity contribution in [3.05, 3.63) is 64.7 Å². The van der Waals surface area contributed by atoms with Crippen molar-refractivity contribution in [2.24, 2.45) is 0 Å². The molecule has 0 spiro atoms. The smallest absolute Gasteiger partial charge is 0.261 e. The number of hydrogen-bond donors (Lipinski definition) is 1. The molecule has 0 bridgehead atoms. The number of aryl methyl sites for hydroxylation is 1. The molecule has 1 fully saturated rings. The molecule has 1 N–H and O–H groups in total. The van der Waals surface area contributed by atoms with Crippen LogP contribution >= 0.6 is 0 Å². The summed E-state index contributed by atoms with van der Waals surface area (Å²) in [6, 6.07) is 12.3. The van der Waals surface area contributed by atoms with E-state index in [0.29, 0.717) is 23.4 Å². The molecular formula is C22H22N2O4. The van der Waals surface area contributed by atoms with Crippen molar-refractivity contribution in [2.75, 3.05) is 18.5 Å². The lowest BCUT2D eigenvalue weighted by atomic mass is 10.1. The quantitative estimate of drug-likeness (QED) is 0.810. The van der Waals surface area contributed by atoms with Crippen LogP contribution in [0.15, 0.2) is 42.5 Å². The summed E-state index contributed by atoms with van der Waals surface area (Å²) in [5, 5.41) is 2.83. The summed E-state index contributed by atoms with van der Waals surface area (Å²) in [5.41, 5.74) is 2.83. The minimum atomic E-state index is -0.363. The third-order valence-corrected chi connectivity index (χ3v) is 5.26. The van der Waals surface area contributed by atoms with Crippen molar-refractivity contribution >= 4 is 23.4 Å². The molecule has 6 heteroatoms. The summed E-state index contributed by atoms with van der Waals surface area (Å²) >= 11 is 0. The molecule has 0 saturated carbocycles. The molecule has 1 atom stereocenters. The Bertz CT molecular complexity index is 930. The lowest BCUT2D eigenvalue weighted by molar-refractivity contribution is 0.0475. The van der Waals surface area contributed by atoms with E-state index in [9.17, 15) is 14.4 Å². The van der Waals surface area contributed by atoms with E-state index in [2.05, 4.69) is 12.2 Å². The van der Waals surface area contributed by atoms with Gasteiger partial charge in [0.15, 0.2) is 0 Å². The van der Waals surface area contributed by atoms with Gasteiger partial charge in [-0.05, 0) is 55.2 Å². The Morgan fingerprint density at radius 1 is 1.11 bits per heavy atom. The van der Waals surface area contributed by atoms with E-state index < -0.39 is 0 Å². The minimum Gasteiger partial charge on any atom is -0.376 e. The largest absolute Gasteiger partial charge is 0.376 e. The number of imide groups is 1. The zero-order valence-corrected chi connectivity index (χ0v) is 15.7. The van der Waals surface area contributed by atoms with E-state index in [1.54, 1.807) is 12.1 Å². The number of benzene rings is 2. The van der Waals surface area contributed by atoms with Gasteiger partial charge >= 0.3 is 0 Å². The van der Waals surface area contributed by atoms with Crippen LogP contribution < -0.4 is 5.32 Å². The lowest BCUT2D eigenvalue weighted by Crippen LogP contribution is -2.36. The van der Waals surface area contributed by atoms with Gasteiger partial charge in [0.2, 0.25) is 0 Å². The fourth-order valence-corrected chi connectivity index (χ4v) is 3.62. The second kappa shape index (κ2) is 7.56. The molecule has 2 aliphatic heterocycles. The molecular weight excluding hydrogens is 356 g/mol. The van der Waals surface area contributed by atoms with Gasteiger partial charge in [-0.3, -0.25) is 19.3 Å². The van der Waals surface area contributed by atoms with Crippen LogP contribution in [0, 0.1) is 0 Å². The van der Waals surface area contributed by atoms with Crippen molar-refractivity contribution in [1.29, 1.82) is 0 Å². The van der Waals surface area contributed by atoms with E-state index in [-0.39, 0.29) is 35.9 Å². The Morgan fingerprint density at radius 3 is 2.54 bits per heavy atom. The zero-order chi connectivity index (χ0) is 19.7. The second-order valence-electron chi connectivity index (χ2n) is 7.12. The van der Waals surface area contributed by atoms with Crippen molar-refractivity contribution in [3.8, 4) is 0 Å². The first-order chi connectivity index (χ1) is 13.6. The molecule has 3 amide bonds. The number of carbonyl (C=O) groups is 3. The van der Waals surface area contributed by atoms with E-state index >= 15 is 0 Å². The third-order valence-electron chi connectivity index (χ3n) is 5.26. The van der Waals surface area contributed by atoms with Crippen LogP contribution in [0.5, 0.6) is 0 Å². The maximum absolute atomic E-state index is 12.7. The first-order valence-electron chi connectivity index (χ1n) is 9.59. The van der Waals surface area contributed by atoms with Gasteiger partial charge in [0.25, 0.3) is 17.7 Å². The standard InChI is InChI=1S/C22H22N2O4/c1-2-14-5-8-16(9-6-14)23-20(25)15-7-10-18-19(12-15)22(27)24(21(18)26)13-17-4-3-11-28-17/h5-10,12,17H,2-4,11,13H2,1H3,(H,23,25). The van der Waals surface area contributed by atoms with Gasteiger partial charge in [-0.25, -0.2) is 0 Å². The van der Waals surface area contributed by atoms with Gasteiger partial charge in [0.1, 0.15) is 0 Å². The Morgan fingerprint density at radius 2 is 1.86 bits per heavy atom. The summed E-state index contributed by atoms with van der Waals surface area (Å²) in [7, 11) is 0. The maximum Gasteiger partial charge on any atom is 0.261 e. The van der Waals surface area contributed by atoms with Crippen molar-refractivity contribution < 1.29 is 19.1 Å². The summed E-state index contributed by atoms with van der Waals surface area (Å²) in [6.45, 7) is 2.99. The fourth-order valence-electron chi connectivity index (χ4n) is 3.62. The SMILES string of the molecule is CCc1ccc(NC(=O)c2ccc3c(c2)C(=O)N(CC2CCCO2)C3=O)cc1. The van der Waals surface area contributed by atoms with Gasteiger partial charge < -0.3 is 10.1 Å². The topological polar surface area (TPSA) is 75.7 Å². The second-order valence-corrected chi connectivity index (χ2v) is 7.12. The van der Waals surface area contributed by atoms with Crippen molar-refractivity contribution in [3.63, 3.8) is 0 Å². The monoisotopic (exact) mass is 378 g/mol. The number of hydrogen-bond acceptors (Lipinski definition) is 4. The van der Waals surface area contributed by atoms with Gasteiger partial charge in [-0.15, -0.1) is 0 Å². The molecule has 2 aliphatic rings. The Hall–Kier alpha value is -2.99. The summed E-state index contributed by atoms with van der Waals surface area (Å²) < 4.78 is 5.54. The highest BCUT2D eigenvalue weighted by molar-refractivity contribution is 6.22. The highest BCUT2D eigenvalue weighted by Crippen LogP contribution is 2.26. The molecule has 0 aromatic heterocycles. The van der Waals surface area contributed by atoms with E-state index in [1.165, 1.54) is 16.5 Å². The molecule has 0 aliphatic carbocycles. The number of rotatable bonds is 5. The Kier molecular flexibility index (Phi) is 4.96. The van der Waals surface area contributed by atoms with Crippen LogP contribution in [-0.4, -0.2) is 41.9 Å². The van der Waals surface area contributed by atoms with Crippen molar-refractivity contribution in [2.45, 2.75) is 32.3 Å². The first kappa shape index (κ1) is 18.4. The lowest BCUT2D eigenvalue weighted by Gasteiger charge is -2.17. The third kappa shape index (κ3) is 3.43. The molecule has 2 aromatic carbocycles. The van der Waals surface area contributed by atoms with Gasteiger partial charge in [-0.1, -0.05) is 19.1 Å². The van der Waals surface area contributed by atoms with Crippen LogP contribution in [0.3, 0.4) is 0 Å². The van der Waals surface area contributed by atoms with Gasteiger partial charge in [-0.2, -0.15) is 0 Å². The Labute approximate surface area is 163 Å². The highest BCUT2D eigenvalue weighted by Gasteiger charge is 2.37. The van der Waals surface area contributed by atoms with Crippen LogP contribution in [0.1, 0.15) is 56.4 Å². The zero-order valence-electron chi connectivity index (χ0n) is 15.7. The number of anilines is 1. The minimum absolute atomic E-state index is 0.101. The summed E-state index contributed by atoms with van der Waals surface area (Å²) in [6.07, 6.45) is 2.61. The number of nitrogens with zero attached hydrogens (tertiary/aromatic N) is 1. The number of fused-ring (bicyclic) bond motifs is 1. The molecule has 2 aromatic rings. The van der Waals surface area contributed by atoms with Crippen LogP contribution in [-0.2, 0) is 11.2 Å². The van der Waals surface area contributed by atoms with E-state index in [1.807, 2.05) is 24.3 Å². The average Bonchev–Trinajstić information content (AvgIpc) is 3.31. The van der Waals surface area contributed by atoms with Crippen molar-refractivity contribution in [1.82, 2.24) is 4.90 Å². The van der Waals surface area contributed by atoms with Crippen LogP contribution in [0.4, 0.5) is 5.69 Å². The van der Waals surface area contributed by atoms with Crippen LogP contribution in [0.25, 0.3) is 0 Å². The molecule has 2 heterocycles. The highest BCUT2D eigenvalue weighted by atomic mass is 16.5. The fraction of sp³-hybridized carbons (Fsp3) is 0.318. The normalized spacial score (nSPS) is 18.5. The molecule has 1 saturated heterocycles. The van der Waals surface area contributed by atoms with Crippen LogP contribution in [0.2, 0.25) is 0 Å². The van der Waals surface area contributed by atoms with Gasteiger partial charge in [0.05, 0.1) is 23.8 Å². The molecule has 1 unspecified atom stereocenters. The number of ether oxygens (including phenoxy) is 1. The Balaban J connectivity index is 1.51. The summed E-state index contributed by atoms with van der Waals surface area (Å²) in [5.74, 6) is -1.00. The number of amides is 3. The summed E-state index contributed by atoms with van der Waals surface area (Å²) in [4.78, 5) is 39.1. The predicted octanol–water partition coefficient (Wildman–Crippen LogP) is 3.28. The van der Waals surface area contributed by atoms with E-state index in [4.69, 9.17) is 4.74 Å². The molecule has 6 nitrogen and oxygen atoms in total. The first-order valence-corrected chi connectivity index (χ1v) is 9.59. The average molecular weight is 378 g/mol. The number of nitrogens with one attached hydrogen (secondary N) is 1. The predicted molar refractivity (Wildman–Crippen MR) is 105 cm³/mol. The van der Waals surface area contributed by atoms with E-state index in [0.717, 1.165) is 19.3 Å². The number of carbonyl (C=O) groups excluding carboxylic acids is 3. The maximum atomic E-state index is 12.7. The molecule has 0 radical (unpaired) electrons. The molecule has 28 heavy (non-hydrogen) atoms. The molecule has 144 valence electrons. The molecule has 4 rings (SSSR count). The van der Waals surface area contributed by atoms with Gasteiger partial charge in [0, 0.05) is 17.9 Å².